The second-order valence-corrected chi connectivity index (χ2v) is 3.35. The van der Waals surface area contributed by atoms with E-state index in [0.29, 0.717) is 5.56 Å². The number of nitrogens with two attached hydrogens (primary N) is 1. The summed E-state index contributed by atoms with van der Waals surface area (Å²) in [5, 5.41) is 0. The van der Waals surface area contributed by atoms with Gasteiger partial charge < -0.3 is 5.73 Å². The minimum absolute atomic E-state index is 0.188. The summed E-state index contributed by atoms with van der Waals surface area (Å²) >= 11 is 0. The number of hydrogen-bond donors (Lipinski definition) is 1. The molecular formula is C10H14FN. The summed E-state index contributed by atoms with van der Waals surface area (Å²) in [6.07, 6.45) is 0. The van der Waals surface area contributed by atoms with Gasteiger partial charge in [0.05, 0.1) is 5.69 Å². The van der Waals surface area contributed by atoms with Crippen LogP contribution in [-0.2, 0) is 0 Å². The molecule has 0 aliphatic carbocycles. The van der Waals surface area contributed by atoms with Gasteiger partial charge in [0.1, 0.15) is 5.82 Å². The summed E-state index contributed by atoms with van der Waals surface area (Å²) < 4.78 is 13.4. The Morgan fingerprint density at radius 2 is 1.92 bits per heavy atom. The minimum atomic E-state index is -0.259. The molecule has 0 spiro atoms. The Kier molecular flexibility index (Phi) is 2.36. The van der Waals surface area contributed by atoms with E-state index in [4.69, 9.17) is 5.73 Å². The van der Waals surface area contributed by atoms with Gasteiger partial charge in [-0.15, -0.1) is 0 Å². The molecule has 2 N–H and O–H groups in total. The maximum atomic E-state index is 13.4. The van der Waals surface area contributed by atoms with Crippen molar-refractivity contribution in [3.05, 3.63) is 29.1 Å². The highest BCUT2D eigenvalue weighted by atomic mass is 19.1. The first-order valence-electron chi connectivity index (χ1n) is 4.08. The third kappa shape index (κ3) is 1.42. The number of nitrogen functional groups attached to an aromatic ring is 1. The van der Waals surface area contributed by atoms with Crippen LogP contribution in [0, 0.1) is 12.7 Å². The fraction of sp³-hybridized carbons (Fsp3) is 0.400. The van der Waals surface area contributed by atoms with E-state index in [1.165, 1.54) is 0 Å². The Morgan fingerprint density at radius 1 is 1.33 bits per heavy atom. The molecule has 0 heterocycles. The van der Waals surface area contributed by atoms with Gasteiger partial charge in [0.2, 0.25) is 0 Å². The van der Waals surface area contributed by atoms with Crippen LogP contribution in [0.2, 0.25) is 0 Å². The molecule has 0 aromatic heterocycles. The van der Waals surface area contributed by atoms with E-state index in [1.54, 1.807) is 6.07 Å². The van der Waals surface area contributed by atoms with Crippen molar-refractivity contribution in [1.82, 2.24) is 0 Å². The first-order valence-corrected chi connectivity index (χ1v) is 4.08. The van der Waals surface area contributed by atoms with Crippen LogP contribution in [0.5, 0.6) is 0 Å². The molecule has 12 heavy (non-hydrogen) atoms. The van der Waals surface area contributed by atoms with Crippen molar-refractivity contribution in [1.29, 1.82) is 0 Å². The van der Waals surface area contributed by atoms with Gasteiger partial charge in [-0.25, -0.2) is 4.39 Å². The second-order valence-electron chi connectivity index (χ2n) is 3.35. The number of anilines is 1. The molecule has 0 fully saturated rings. The SMILES string of the molecule is Cc1ccc(C(C)C)c(F)c1N. The number of halogens is 1. The average Bonchev–Trinajstić information content (AvgIpc) is 2.00. The van der Waals surface area contributed by atoms with E-state index in [-0.39, 0.29) is 17.4 Å². The topological polar surface area (TPSA) is 26.0 Å². The van der Waals surface area contributed by atoms with Crippen LogP contribution in [0.4, 0.5) is 10.1 Å². The standard InChI is InChI=1S/C10H14FN/c1-6(2)8-5-4-7(3)10(12)9(8)11/h4-6H,12H2,1-3H3. The first-order chi connectivity index (χ1) is 5.54. The van der Waals surface area contributed by atoms with Crippen LogP contribution < -0.4 is 5.73 Å². The maximum Gasteiger partial charge on any atom is 0.149 e. The van der Waals surface area contributed by atoms with E-state index in [1.807, 2.05) is 26.8 Å². The summed E-state index contributed by atoms with van der Waals surface area (Å²) in [5.41, 5.74) is 7.32. The Balaban J connectivity index is 3.27. The van der Waals surface area contributed by atoms with Crippen LogP contribution in [0.1, 0.15) is 30.9 Å². The first kappa shape index (κ1) is 9.04. The third-order valence-electron chi connectivity index (χ3n) is 2.05. The molecule has 0 atom stereocenters. The minimum Gasteiger partial charge on any atom is -0.396 e. The number of benzene rings is 1. The zero-order valence-electron chi connectivity index (χ0n) is 7.69. The molecule has 0 aliphatic heterocycles. The fourth-order valence-corrected chi connectivity index (χ4v) is 1.15. The summed E-state index contributed by atoms with van der Waals surface area (Å²) in [6, 6.07) is 3.65. The zero-order chi connectivity index (χ0) is 9.30. The average molecular weight is 167 g/mol. The predicted molar refractivity (Wildman–Crippen MR) is 49.6 cm³/mol. The molecule has 66 valence electrons. The number of aryl methyl sites for hydroxylation is 1. The van der Waals surface area contributed by atoms with Crippen LogP contribution >= 0.6 is 0 Å². The highest BCUT2D eigenvalue weighted by Gasteiger charge is 2.10. The molecule has 0 radical (unpaired) electrons. The highest BCUT2D eigenvalue weighted by Crippen LogP contribution is 2.24. The van der Waals surface area contributed by atoms with Gasteiger partial charge in [0, 0.05) is 0 Å². The second kappa shape index (κ2) is 3.13. The van der Waals surface area contributed by atoms with Crippen molar-refractivity contribution in [3.63, 3.8) is 0 Å². The lowest BCUT2D eigenvalue weighted by Crippen LogP contribution is -2.00. The lowest BCUT2D eigenvalue weighted by Gasteiger charge is -2.10. The smallest absolute Gasteiger partial charge is 0.149 e. The van der Waals surface area contributed by atoms with E-state index in [0.717, 1.165) is 5.56 Å². The summed E-state index contributed by atoms with van der Waals surface area (Å²) in [5.74, 6) is -0.0714. The van der Waals surface area contributed by atoms with Crippen LogP contribution in [0.25, 0.3) is 0 Å². The Labute approximate surface area is 72.4 Å². The van der Waals surface area contributed by atoms with Gasteiger partial charge in [-0.05, 0) is 24.0 Å². The van der Waals surface area contributed by atoms with Crippen LogP contribution in [-0.4, -0.2) is 0 Å². The Hall–Kier alpha value is -1.05. The molecule has 0 amide bonds. The Bertz CT molecular complexity index is 292. The van der Waals surface area contributed by atoms with Gasteiger partial charge in [-0.3, -0.25) is 0 Å². The predicted octanol–water partition coefficient (Wildman–Crippen LogP) is 2.84. The van der Waals surface area contributed by atoms with Crippen molar-refractivity contribution in [3.8, 4) is 0 Å². The van der Waals surface area contributed by atoms with E-state index in [2.05, 4.69) is 0 Å². The van der Waals surface area contributed by atoms with Gasteiger partial charge >= 0.3 is 0 Å². The molecule has 1 nitrogen and oxygen atoms in total. The largest absolute Gasteiger partial charge is 0.396 e. The lowest BCUT2D eigenvalue weighted by atomic mass is 10.00. The summed E-state index contributed by atoms with van der Waals surface area (Å²) in [6.45, 7) is 5.71. The number of hydrogen-bond acceptors (Lipinski definition) is 1. The van der Waals surface area contributed by atoms with Gasteiger partial charge in [-0.2, -0.15) is 0 Å². The van der Waals surface area contributed by atoms with Crippen molar-refractivity contribution in [2.24, 2.45) is 0 Å². The molecule has 1 aromatic rings. The van der Waals surface area contributed by atoms with Gasteiger partial charge in [-0.1, -0.05) is 26.0 Å². The molecule has 0 aliphatic rings. The van der Waals surface area contributed by atoms with Gasteiger partial charge in [0.25, 0.3) is 0 Å². The summed E-state index contributed by atoms with van der Waals surface area (Å²) in [7, 11) is 0. The molecule has 2 heteroatoms. The quantitative estimate of drug-likeness (QED) is 0.639. The molecule has 0 bridgehead atoms. The monoisotopic (exact) mass is 167 g/mol. The van der Waals surface area contributed by atoms with Crippen LogP contribution in [0.3, 0.4) is 0 Å². The number of rotatable bonds is 1. The van der Waals surface area contributed by atoms with E-state index in [9.17, 15) is 4.39 Å². The maximum absolute atomic E-state index is 13.4. The van der Waals surface area contributed by atoms with Gasteiger partial charge in [0.15, 0.2) is 0 Å². The van der Waals surface area contributed by atoms with Crippen molar-refractivity contribution in [2.75, 3.05) is 5.73 Å². The summed E-state index contributed by atoms with van der Waals surface area (Å²) in [4.78, 5) is 0. The Morgan fingerprint density at radius 3 is 2.42 bits per heavy atom. The third-order valence-corrected chi connectivity index (χ3v) is 2.05. The van der Waals surface area contributed by atoms with Crippen molar-refractivity contribution in [2.45, 2.75) is 26.7 Å². The van der Waals surface area contributed by atoms with E-state index < -0.39 is 0 Å². The fourth-order valence-electron chi connectivity index (χ4n) is 1.15. The molecule has 0 saturated heterocycles. The van der Waals surface area contributed by atoms with Crippen LogP contribution in [0.15, 0.2) is 12.1 Å². The molecule has 0 saturated carbocycles. The zero-order valence-corrected chi connectivity index (χ0v) is 7.69. The normalized spacial score (nSPS) is 10.8. The molecule has 0 unspecified atom stereocenters. The molecule has 1 aromatic carbocycles. The molecular weight excluding hydrogens is 153 g/mol. The van der Waals surface area contributed by atoms with Crippen molar-refractivity contribution >= 4 is 5.69 Å². The highest BCUT2D eigenvalue weighted by molar-refractivity contribution is 5.50. The van der Waals surface area contributed by atoms with Crippen molar-refractivity contribution < 1.29 is 4.39 Å². The van der Waals surface area contributed by atoms with E-state index >= 15 is 0 Å². The molecule has 1 rings (SSSR count). The lowest BCUT2D eigenvalue weighted by molar-refractivity contribution is 0.602.